The predicted molar refractivity (Wildman–Crippen MR) is 98.9 cm³/mol. The van der Waals surface area contributed by atoms with E-state index in [0.29, 0.717) is 18.6 Å². The van der Waals surface area contributed by atoms with Crippen molar-refractivity contribution in [1.82, 2.24) is 14.8 Å². The summed E-state index contributed by atoms with van der Waals surface area (Å²) in [6, 6.07) is -0.0236. The molecule has 7 nitrogen and oxygen atoms in total. The lowest BCUT2D eigenvalue weighted by molar-refractivity contribution is 0.0645. The molecule has 3 heterocycles. The van der Waals surface area contributed by atoms with Gasteiger partial charge in [-0.3, -0.25) is 14.4 Å². The molecule has 164 valence electrons. The van der Waals surface area contributed by atoms with Crippen LogP contribution in [0.15, 0.2) is 23.1 Å². The van der Waals surface area contributed by atoms with Gasteiger partial charge in [0.25, 0.3) is 11.8 Å². The number of rotatable bonds is 3. The quantitative estimate of drug-likeness (QED) is 0.716. The van der Waals surface area contributed by atoms with E-state index in [9.17, 15) is 37.1 Å². The fraction of sp³-hybridized carbons (Fsp3) is 0.350. The predicted octanol–water partition coefficient (Wildman–Crippen LogP) is 2.03. The minimum Gasteiger partial charge on any atom is -0.503 e. The van der Waals surface area contributed by atoms with E-state index in [0.717, 1.165) is 10.8 Å². The fourth-order valence-corrected chi connectivity index (χ4v) is 3.96. The third-order valence-corrected chi connectivity index (χ3v) is 5.57. The Morgan fingerprint density at radius 1 is 1.19 bits per heavy atom. The van der Waals surface area contributed by atoms with Crippen LogP contribution in [0.5, 0.6) is 5.75 Å². The zero-order valence-corrected chi connectivity index (χ0v) is 16.0. The van der Waals surface area contributed by atoms with E-state index in [1.54, 1.807) is 0 Å². The number of carbonyl (C=O) groups is 2. The zero-order chi connectivity index (χ0) is 22.4. The van der Waals surface area contributed by atoms with Crippen LogP contribution in [-0.2, 0) is 6.54 Å². The summed E-state index contributed by atoms with van der Waals surface area (Å²) in [5.41, 5.74) is -2.83. The van der Waals surface area contributed by atoms with Crippen molar-refractivity contribution < 1.29 is 32.3 Å². The lowest BCUT2D eigenvalue weighted by Crippen LogP contribution is -2.46. The number of amides is 2. The highest BCUT2D eigenvalue weighted by molar-refractivity contribution is 5.99. The average molecular weight is 439 g/mol. The minimum absolute atomic E-state index is 0.0162. The van der Waals surface area contributed by atoms with E-state index in [1.807, 2.05) is 0 Å². The summed E-state index contributed by atoms with van der Waals surface area (Å²) in [6.45, 7) is -0.413. The summed E-state index contributed by atoms with van der Waals surface area (Å²) < 4.78 is 56.3. The Morgan fingerprint density at radius 3 is 2.55 bits per heavy atom. The van der Waals surface area contributed by atoms with E-state index in [2.05, 4.69) is 5.32 Å². The van der Waals surface area contributed by atoms with Crippen LogP contribution < -0.4 is 10.7 Å². The van der Waals surface area contributed by atoms with Gasteiger partial charge < -0.3 is 19.9 Å². The fourth-order valence-electron chi connectivity index (χ4n) is 3.96. The number of halogens is 4. The molecule has 1 saturated heterocycles. The van der Waals surface area contributed by atoms with Gasteiger partial charge in [0.2, 0.25) is 5.43 Å². The number of pyridine rings is 1. The number of aromatic nitrogens is 1. The average Bonchev–Trinajstić information content (AvgIpc) is 2.87. The van der Waals surface area contributed by atoms with Gasteiger partial charge in [-0.1, -0.05) is 0 Å². The second-order valence-electron chi connectivity index (χ2n) is 7.48. The van der Waals surface area contributed by atoms with Crippen molar-refractivity contribution >= 4 is 11.8 Å². The Kier molecular flexibility index (Phi) is 5.19. The van der Waals surface area contributed by atoms with Gasteiger partial charge in [-0.2, -0.15) is 0 Å². The van der Waals surface area contributed by atoms with Crippen molar-refractivity contribution in [2.45, 2.75) is 31.6 Å². The molecule has 0 unspecified atom stereocenters. The molecular weight excluding hydrogens is 422 g/mol. The van der Waals surface area contributed by atoms with Crippen LogP contribution in [0.3, 0.4) is 0 Å². The molecule has 4 rings (SSSR count). The lowest BCUT2D eigenvalue weighted by Gasteiger charge is -2.35. The number of hydrogen-bond acceptors (Lipinski definition) is 4. The topological polar surface area (TPSA) is 91.6 Å². The van der Waals surface area contributed by atoms with E-state index < -0.39 is 76.0 Å². The monoisotopic (exact) mass is 439 g/mol. The highest BCUT2D eigenvalue weighted by atomic mass is 19.1. The van der Waals surface area contributed by atoms with Crippen molar-refractivity contribution in [2.75, 3.05) is 13.1 Å². The SMILES string of the molecule is O=C(NCc1c(F)cc(F)cc1F)c1cn2c(c(O)c1=O)C(=O)N1CCC[C@H](F)[C@H]2C1. The number of carbonyl (C=O) groups excluding carboxylic acids is 2. The number of nitrogens with zero attached hydrogens (tertiary/aromatic N) is 2. The number of fused-ring (bicyclic) bond motifs is 4. The van der Waals surface area contributed by atoms with Crippen LogP contribution in [0, 0.1) is 17.5 Å². The Balaban J connectivity index is 1.69. The van der Waals surface area contributed by atoms with Crippen LogP contribution in [0.2, 0.25) is 0 Å². The summed E-state index contributed by atoms with van der Waals surface area (Å²) >= 11 is 0. The maximum absolute atomic E-state index is 14.6. The van der Waals surface area contributed by atoms with Gasteiger partial charge in [0.05, 0.1) is 6.04 Å². The van der Waals surface area contributed by atoms with Crippen LogP contribution in [-0.4, -0.2) is 45.6 Å². The summed E-state index contributed by atoms with van der Waals surface area (Å²) in [7, 11) is 0. The van der Waals surface area contributed by atoms with E-state index in [1.165, 1.54) is 4.90 Å². The first-order valence-electron chi connectivity index (χ1n) is 9.52. The first kappa shape index (κ1) is 20.9. The molecule has 11 heteroatoms. The molecule has 1 aromatic carbocycles. The van der Waals surface area contributed by atoms with Gasteiger partial charge in [0.15, 0.2) is 11.4 Å². The summed E-state index contributed by atoms with van der Waals surface area (Å²) in [6.07, 6.45) is 0.162. The van der Waals surface area contributed by atoms with Crippen LogP contribution in [0.1, 0.15) is 45.3 Å². The number of alkyl halides is 1. The Labute approximate surface area is 172 Å². The van der Waals surface area contributed by atoms with E-state index in [4.69, 9.17) is 0 Å². The standard InChI is InChI=1S/C20H17F4N3O4/c21-9-4-13(23)10(14(24)5-9)6-25-19(30)11-7-27-15-8-26(3-1-2-12(15)22)20(31)16(27)18(29)17(11)28/h4-5,7,12,15,29H,1-3,6,8H2,(H,25,30)/t12-,15+/m0/s1. The summed E-state index contributed by atoms with van der Waals surface area (Å²) in [5, 5.41) is 12.5. The zero-order valence-electron chi connectivity index (χ0n) is 16.0. The molecule has 2 bridgehead atoms. The maximum Gasteiger partial charge on any atom is 0.274 e. The van der Waals surface area contributed by atoms with Crippen molar-refractivity contribution in [1.29, 1.82) is 0 Å². The molecule has 2 aliphatic rings. The second kappa shape index (κ2) is 7.71. The molecule has 2 amide bonds. The maximum atomic E-state index is 14.6. The highest BCUT2D eigenvalue weighted by Gasteiger charge is 2.40. The summed E-state index contributed by atoms with van der Waals surface area (Å²) in [5.74, 6) is -6.34. The minimum atomic E-state index is -1.38. The van der Waals surface area contributed by atoms with Crippen molar-refractivity contribution in [2.24, 2.45) is 0 Å². The first-order valence-corrected chi connectivity index (χ1v) is 9.52. The molecule has 1 fully saturated rings. The second-order valence-corrected chi connectivity index (χ2v) is 7.48. The van der Waals surface area contributed by atoms with E-state index in [-0.39, 0.29) is 19.5 Å². The van der Waals surface area contributed by atoms with E-state index >= 15 is 0 Å². The molecule has 0 spiro atoms. The molecule has 2 aliphatic heterocycles. The summed E-state index contributed by atoms with van der Waals surface area (Å²) in [4.78, 5) is 39.0. The number of hydrogen-bond donors (Lipinski definition) is 2. The smallest absolute Gasteiger partial charge is 0.274 e. The third kappa shape index (κ3) is 3.53. The van der Waals surface area contributed by atoms with Gasteiger partial charge in [-0.25, -0.2) is 17.6 Å². The molecule has 2 atom stereocenters. The van der Waals surface area contributed by atoms with Crippen molar-refractivity contribution in [3.63, 3.8) is 0 Å². The van der Waals surface area contributed by atoms with Crippen LogP contribution in [0.25, 0.3) is 0 Å². The number of aromatic hydroxyl groups is 1. The number of nitrogens with one attached hydrogen (secondary N) is 1. The van der Waals surface area contributed by atoms with Crippen molar-refractivity contribution in [3.8, 4) is 5.75 Å². The van der Waals surface area contributed by atoms with Crippen LogP contribution in [0.4, 0.5) is 17.6 Å². The van der Waals surface area contributed by atoms with Gasteiger partial charge in [0.1, 0.15) is 29.2 Å². The largest absolute Gasteiger partial charge is 0.503 e. The Morgan fingerprint density at radius 2 is 1.87 bits per heavy atom. The lowest BCUT2D eigenvalue weighted by atomic mass is 10.0. The third-order valence-electron chi connectivity index (χ3n) is 5.57. The van der Waals surface area contributed by atoms with Crippen LogP contribution >= 0.6 is 0 Å². The van der Waals surface area contributed by atoms with Gasteiger partial charge in [0, 0.05) is 43.5 Å². The van der Waals surface area contributed by atoms with Gasteiger partial charge in [-0.05, 0) is 12.8 Å². The highest BCUT2D eigenvalue weighted by Crippen LogP contribution is 2.33. The van der Waals surface area contributed by atoms with Gasteiger partial charge in [-0.15, -0.1) is 0 Å². The normalized spacial score (nSPS) is 20.3. The molecular formula is C20H17F4N3O4. The molecule has 0 radical (unpaired) electrons. The molecule has 31 heavy (non-hydrogen) atoms. The Hall–Kier alpha value is -3.37. The van der Waals surface area contributed by atoms with Crippen molar-refractivity contribution in [3.05, 3.63) is 62.8 Å². The Bertz CT molecular complexity index is 1130. The molecule has 2 aromatic rings. The molecule has 0 saturated carbocycles. The molecule has 2 N–H and O–H groups in total. The van der Waals surface area contributed by atoms with Gasteiger partial charge >= 0.3 is 0 Å². The molecule has 0 aliphatic carbocycles. The first-order chi connectivity index (χ1) is 14.7. The molecule has 1 aromatic heterocycles. The number of benzene rings is 1.